The highest BCUT2D eigenvalue weighted by Gasteiger charge is 2.21. The Balaban J connectivity index is 2.18. The lowest BCUT2D eigenvalue weighted by atomic mass is 9.85. The maximum Gasteiger partial charge on any atom is 0.0406 e. The van der Waals surface area contributed by atoms with E-state index in [0.717, 1.165) is 24.4 Å². The molecule has 2 aromatic rings. The van der Waals surface area contributed by atoms with Crippen molar-refractivity contribution in [2.24, 2.45) is 0 Å². The second-order valence-electron chi connectivity index (χ2n) is 5.42. The van der Waals surface area contributed by atoms with E-state index in [9.17, 15) is 0 Å². The molecule has 0 aliphatic carbocycles. The molecule has 0 aliphatic rings. The molecule has 0 saturated heterocycles. The molecule has 0 radical (unpaired) electrons. The van der Waals surface area contributed by atoms with Gasteiger partial charge in [0.05, 0.1) is 0 Å². The third-order valence-corrected chi connectivity index (χ3v) is 4.24. The van der Waals surface area contributed by atoms with Gasteiger partial charge >= 0.3 is 0 Å². The molecule has 1 nitrogen and oxygen atoms in total. The first-order valence-corrected chi connectivity index (χ1v) is 8.15. The summed E-state index contributed by atoms with van der Waals surface area (Å²) < 4.78 is 0. The normalized spacial score (nSPS) is 13.9. The average molecular weight is 302 g/mol. The van der Waals surface area contributed by atoms with Crippen LogP contribution in [-0.2, 0) is 6.42 Å². The Morgan fingerprint density at radius 1 is 0.952 bits per heavy atom. The van der Waals surface area contributed by atoms with Gasteiger partial charge in [-0.15, -0.1) is 0 Å². The summed E-state index contributed by atoms with van der Waals surface area (Å²) in [6, 6.07) is 19.5. The minimum Gasteiger partial charge on any atom is -0.313 e. The molecule has 2 atom stereocenters. The fraction of sp³-hybridized carbons (Fsp3) is 0.368. The predicted molar refractivity (Wildman–Crippen MR) is 92.1 cm³/mol. The zero-order chi connectivity index (χ0) is 15.1. The molecule has 0 fully saturated rings. The largest absolute Gasteiger partial charge is 0.313 e. The Kier molecular flexibility index (Phi) is 6.28. The number of nitrogens with one attached hydrogen (secondary N) is 1. The second kappa shape index (κ2) is 8.21. The first-order valence-electron chi connectivity index (χ1n) is 7.77. The monoisotopic (exact) mass is 301 g/mol. The van der Waals surface area contributed by atoms with Crippen molar-refractivity contribution in [2.45, 2.75) is 38.6 Å². The molecule has 1 N–H and O–H groups in total. The summed E-state index contributed by atoms with van der Waals surface area (Å²) in [5.41, 5.74) is 2.75. The quantitative estimate of drug-likeness (QED) is 0.754. The number of rotatable bonds is 7. The van der Waals surface area contributed by atoms with Crippen molar-refractivity contribution >= 4 is 11.6 Å². The highest BCUT2D eigenvalue weighted by atomic mass is 35.5. The van der Waals surface area contributed by atoms with Gasteiger partial charge in [0.25, 0.3) is 0 Å². The van der Waals surface area contributed by atoms with E-state index in [2.05, 4.69) is 61.6 Å². The SMILES string of the molecule is CCNC(Cc1ccc(Cl)cc1)C(CC)c1ccccc1. The lowest BCUT2D eigenvalue weighted by molar-refractivity contribution is 0.428. The fourth-order valence-electron chi connectivity index (χ4n) is 2.95. The van der Waals surface area contributed by atoms with Crippen LogP contribution in [0, 0.1) is 0 Å². The smallest absolute Gasteiger partial charge is 0.0406 e. The summed E-state index contributed by atoms with van der Waals surface area (Å²) in [6.07, 6.45) is 2.16. The van der Waals surface area contributed by atoms with Crippen LogP contribution in [0.25, 0.3) is 0 Å². The van der Waals surface area contributed by atoms with Crippen molar-refractivity contribution in [2.75, 3.05) is 6.54 Å². The van der Waals surface area contributed by atoms with Gasteiger partial charge < -0.3 is 5.32 Å². The molecule has 0 amide bonds. The van der Waals surface area contributed by atoms with E-state index in [1.165, 1.54) is 11.1 Å². The molecule has 112 valence electrons. The lowest BCUT2D eigenvalue weighted by Gasteiger charge is -2.28. The predicted octanol–water partition coefficient (Wildman–Crippen LogP) is 5.05. The van der Waals surface area contributed by atoms with Crippen molar-refractivity contribution in [3.05, 3.63) is 70.7 Å². The minimum atomic E-state index is 0.448. The summed E-state index contributed by atoms with van der Waals surface area (Å²) in [5.74, 6) is 0.529. The number of benzene rings is 2. The third-order valence-electron chi connectivity index (χ3n) is 3.99. The Bertz CT molecular complexity index is 521. The molecular formula is C19H24ClN. The molecule has 0 heterocycles. The van der Waals surface area contributed by atoms with Crippen molar-refractivity contribution < 1.29 is 0 Å². The van der Waals surface area contributed by atoms with Crippen LogP contribution >= 0.6 is 11.6 Å². The molecule has 0 aromatic heterocycles. The molecule has 2 aromatic carbocycles. The van der Waals surface area contributed by atoms with Gasteiger partial charge in [-0.2, -0.15) is 0 Å². The maximum atomic E-state index is 5.98. The van der Waals surface area contributed by atoms with E-state index >= 15 is 0 Å². The van der Waals surface area contributed by atoms with Crippen LogP contribution in [0.15, 0.2) is 54.6 Å². The van der Waals surface area contributed by atoms with Crippen LogP contribution in [-0.4, -0.2) is 12.6 Å². The number of hydrogen-bond acceptors (Lipinski definition) is 1. The first kappa shape index (κ1) is 16.1. The average Bonchev–Trinajstić information content (AvgIpc) is 2.51. The first-order chi connectivity index (χ1) is 10.2. The molecule has 21 heavy (non-hydrogen) atoms. The second-order valence-corrected chi connectivity index (χ2v) is 5.86. The molecule has 2 unspecified atom stereocenters. The number of hydrogen-bond donors (Lipinski definition) is 1. The summed E-state index contributed by atoms with van der Waals surface area (Å²) >= 11 is 5.98. The van der Waals surface area contributed by atoms with E-state index in [1.54, 1.807) is 0 Å². The Morgan fingerprint density at radius 2 is 1.62 bits per heavy atom. The third kappa shape index (κ3) is 4.59. The molecule has 0 aliphatic heterocycles. The van der Waals surface area contributed by atoms with Gasteiger partial charge in [-0.25, -0.2) is 0 Å². The summed E-state index contributed by atoms with van der Waals surface area (Å²) in [4.78, 5) is 0. The van der Waals surface area contributed by atoms with Gasteiger partial charge in [0, 0.05) is 11.1 Å². The molecule has 2 rings (SSSR count). The van der Waals surface area contributed by atoms with E-state index in [-0.39, 0.29) is 0 Å². The van der Waals surface area contributed by atoms with Crippen LogP contribution in [0.1, 0.15) is 37.3 Å². The Hall–Kier alpha value is -1.31. The van der Waals surface area contributed by atoms with E-state index in [1.807, 2.05) is 12.1 Å². The van der Waals surface area contributed by atoms with Gasteiger partial charge in [-0.1, -0.05) is 67.9 Å². The zero-order valence-electron chi connectivity index (χ0n) is 12.9. The standard InChI is InChI=1S/C19H24ClN/c1-3-18(16-8-6-5-7-9-16)19(21-4-2)14-15-10-12-17(20)13-11-15/h5-13,18-19,21H,3-4,14H2,1-2H3. The van der Waals surface area contributed by atoms with E-state index in [4.69, 9.17) is 11.6 Å². The van der Waals surface area contributed by atoms with Crippen molar-refractivity contribution in [1.29, 1.82) is 0 Å². The topological polar surface area (TPSA) is 12.0 Å². The van der Waals surface area contributed by atoms with E-state index in [0.29, 0.717) is 12.0 Å². The Labute approximate surface area is 133 Å². The fourth-order valence-corrected chi connectivity index (χ4v) is 3.07. The van der Waals surface area contributed by atoms with Crippen LogP contribution in [0.3, 0.4) is 0 Å². The van der Waals surface area contributed by atoms with Gasteiger partial charge in [0.2, 0.25) is 0 Å². The highest BCUT2D eigenvalue weighted by Crippen LogP contribution is 2.26. The van der Waals surface area contributed by atoms with Crippen molar-refractivity contribution in [3.63, 3.8) is 0 Å². The number of halogens is 1. The molecule has 0 bridgehead atoms. The van der Waals surface area contributed by atoms with Gasteiger partial charge in [-0.3, -0.25) is 0 Å². The van der Waals surface area contributed by atoms with Crippen LogP contribution in [0.2, 0.25) is 5.02 Å². The lowest BCUT2D eigenvalue weighted by Crippen LogP contribution is -2.36. The summed E-state index contributed by atoms with van der Waals surface area (Å²) in [6.45, 7) is 5.43. The Morgan fingerprint density at radius 3 is 2.19 bits per heavy atom. The molecule has 0 spiro atoms. The van der Waals surface area contributed by atoms with Gasteiger partial charge in [-0.05, 0) is 48.6 Å². The molecule has 2 heteroatoms. The minimum absolute atomic E-state index is 0.448. The number of likely N-dealkylation sites (N-methyl/N-ethyl adjacent to an activating group) is 1. The summed E-state index contributed by atoms with van der Waals surface area (Å²) in [5, 5.41) is 4.46. The highest BCUT2D eigenvalue weighted by molar-refractivity contribution is 6.30. The van der Waals surface area contributed by atoms with Crippen molar-refractivity contribution in [1.82, 2.24) is 5.32 Å². The molecular weight excluding hydrogens is 278 g/mol. The van der Waals surface area contributed by atoms with Gasteiger partial charge in [0.15, 0.2) is 0 Å². The van der Waals surface area contributed by atoms with Gasteiger partial charge in [0.1, 0.15) is 0 Å². The van der Waals surface area contributed by atoms with Crippen LogP contribution in [0.5, 0.6) is 0 Å². The molecule has 0 saturated carbocycles. The zero-order valence-corrected chi connectivity index (χ0v) is 13.6. The maximum absolute atomic E-state index is 5.98. The van der Waals surface area contributed by atoms with Crippen LogP contribution in [0.4, 0.5) is 0 Å². The van der Waals surface area contributed by atoms with Crippen LogP contribution < -0.4 is 5.32 Å². The summed E-state index contributed by atoms with van der Waals surface area (Å²) in [7, 11) is 0. The van der Waals surface area contributed by atoms with E-state index < -0.39 is 0 Å². The van der Waals surface area contributed by atoms with Crippen molar-refractivity contribution in [3.8, 4) is 0 Å².